The van der Waals surface area contributed by atoms with E-state index in [0.717, 1.165) is 37.2 Å². The summed E-state index contributed by atoms with van der Waals surface area (Å²) in [6.07, 6.45) is 2.48. The quantitative estimate of drug-likeness (QED) is 0.801. The maximum atomic E-state index is 12.2. The van der Waals surface area contributed by atoms with E-state index in [0.29, 0.717) is 18.7 Å². The van der Waals surface area contributed by atoms with E-state index in [9.17, 15) is 9.59 Å². The number of benzene rings is 1. The SMILES string of the molecule is COc1ccc(C2SCC(=O)N2CCCN2CCCC2=O)cc1. The van der Waals surface area contributed by atoms with E-state index in [2.05, 4.69) is 0 Å². The standard InChI is InChI=1S/C17H22N2O3S/c1-22-14-7-5-13(6-8-14)17-19(16(21)12-23-17)11-3-10-18-9-2-4-15(18)20/h5-8,17H,2-4,9-12H2,1H3. The van der Waals surface area contributed by atoms with Gasteiger partial charge in [-0.25, -0.2) is 0 Å². The lowest BCUT2D eigenvalue weighted by molar-refractivity contribution is -0.128. The number of carbonyl (C=O) groups is 2. The van der Waals surface area contributed by atoms with Crippen LogP contribution in [0.1, 0.15) is 30.2 Å². The summed E-state index contributed by atoms with van der Waals surface area (Å²) >= 11 is 1.66. The molecule has 1 aromatic carbocycles. The highest BCUT2D eigenvalue weighted by atomic mass is 32.2. The zero-order valence-electron chi connectivity index (χ0n) is 13.4. The minimum Gasteiger partial charge on any atom is -0.497 e. The van der Waals surface area contributed by atoms with Crippen molar-refractivity contribution in [1.29, 1.82) is 0 Å². The molecule has 2 aliphatic rings. The number of methoxy groups -OCH3 is 1. The Morgan fingerprint density at radius 2 is 1.96 bits per heavy atom. The van der Waals surface area contributed by atoms with Gasteiger partial charge in [-0.2, -0.15) is 0 Å². The van der Waals surface area contributed by atoms with Gasteiger partial charge < -0.3 is 14.5 Å². The highest BCUT2D eigenvalue weighted by molar-refractivity contribution is 8.00. The van der Waals surface area contributed by atoms with E-state index >= 15 is 0 Å². The average Bonchev–Trinajstić information content (AvgIpc) is 3.14. The third-order valence-corrected chi connectivity index (χ3v) is 5.62. The molecule has 0 radical (unpaired) electrons. The van der Waals surface area contributed by atoms with Crippen molar-refractivity contribution in [1.82, 2.24) is 9.80 Å². The van der Waals surface area contributed by atoms with Gasteiger partial charge in [0.2, 0.25) is 11.8 Å². The summed E-state index contributed by atoms with van der Waals surface area (Å²) in [5, 5.41) is 0.0719. The van der Waals surface area contributed by atoms with Crippen molar-refractivity contribution in [2.75, 3.05) is 32.5 Å². The molecule has 5 nitrogen and oxygen atoms in total. The van der Waals surface area contributed by atoms with Gasteiger partial charge in [0.1, 0.15) is 11.1 Å². The number of likely N-dealkylation sites (tertiary alicyclic amines) is 1. The first-order chi connectivity index (χ1) is 11.2. The molecule has 0 spiro atoms. The molecule has 1 atom stereocenters. The van der Waals surface area contributed by atoms with Crippen LogP contribution in [0.4, 0.5) is 0 Å². The predicted molar refractivity (Wildman–Crippen MR) is 90.3 cm³/mol. The van der Waals surface area contributed by atoms with Crippen LogP contribution in [0.25, 0.3) is 0 Å². The van der Waals surface area contributed by atoms with Crippen molar-refractivity contribution >= 4 is 23.6 Å². The third-order valence-electron chi connectivity index (χ3n) is 4.37. The van der Waals surface area contributed by atoms with Crippen LogP contribution < -0.4 is 4.74 Å². The van der Waals surface area contributed by atoms with Crippen LogP contribution in [0.2, 0.25) is 0 Å². The van der Waals surface area contributed by atoms with Gasteiger partial charge in [0.15, 0.2) is 0 Å². The van der Waals surface area contributed by atoms with Gasteiger partial charge in [0, 0.05) is 26.1 Å². The summed E-state index contributed by atoms with van der Waals surface area (Å²) in [6.45, 7) is 2.32. The van der Waals surface area contributed by atoms with Gasteiger partial charge in [-0.15, -0.1) is 11.8 Å². The van der Waals surface area contributed by atoms with Crippen molar-refractivity contribution in [3.63, 3.8) is 0 Å². The molecule has 2 aliphatic heterocycles. The molecule has 2 fully saturated rings. The van der Waals surface area contributed by atoms with Crippen LogP contribution in [0.15, 0.2) is 24.3 Å². The highest BCUT2D eigenvalue weighted by Crippen LogP contribution is 2.39. The minimum absolute atomic E-state index is 0.0719. The molecule has 0 saturated carbocycles. The number of thioether (sulfide) groups is 1. The Labute approximate surface area is 141 Å². The molecule has 23 heavy (non-hydrogen) atoms. The maximum absolute atomic E-state index is 12.2. The van der Waals surface area contributed by atoms with Crippen LogP contribution in [0.5, 0.6) is 5.75 Å². The Morgan fingerprint density at radius 1 is 1.17 bits per heavy atom. The fraction of sp³-hybridized carbons (Fsp3) is 0.529. The molecule has 2 amide bonds. The normalized spacial score (nSPS) is 21.3. The number of carbonyl (C=O) groups excluding carboxylic acids is 2. The fourth-order valence-corrected chi connectivity index (χ4v) is 4.33. The van der Waals surface area contributed by atoms with E-state index in [4.69, 9.17) is 4.74 Å². The first kappa shape index (κ1) is 16.2. The van der Waals surface area contributed by atoms with E-state index in [1.807, 2.05) is 34.1 Å². The monoisotopic (exact) mass is 334 g/mol. The molecule has 2 heterocycles. The molecule has 124 valence electrons. The second-order valence-corrected chi connectivity index (χ2v) is 6.93. The van der Waals surface area contributed by atoms with Crippen molar-refractivity contribution < 1.29 is 14.3 Å². The van der Waals surface area contributed by atoms with Gasteiger partial charge in [0.25, 0.3) is 0 Å². The van der Waals surface area contributed by atoms with Crippen molar-refractivity contribution in [2.24, 2.45) is 0 Å². The summed E-state index contributed by atoms with van der Waals surface area (Å²) in [6, 6.07) is 7.90. The summed E-state index contributed by atoms with van der Waals surface area (Å²) in [5.74, 6) is 1.78. The van der Waals surface area contributed by atoms with Crippen LogP contribution in [0, 0.1) is 0 Å². The zero-order valence-corrected chi connectivity index (χ0v) is 14.2. The lowest BCUT2D eigenvalue weighted by atomic mass is 10.2. The number of rotatable bonds is 6. The zero-order chi connectivity index (χ0) is 16.2. The molecule has 6 heteroatoms. The predicted octanol–water partition coefficient (Wildman–Crippen LogP) is 2.28. The molecule has 3 rings (SSSR count). The molecule has 1 aromatic rings. The second kappa shape index (κ2) is 7.25. The smallest absolute Gasteiger partial charge is 0.233 e. The molecule has 0 aliphatic carbocycles. The number of hydrogen-bond donors (Lipinski definition) is 0. The third kappa shape index (κ3) is 3.63. The molecular formula is C17H22N2O3S. The Hall–Kier alpha value is -1.69. The van der Waals surface area contributed by atoms with E-state index in [1.165, 1.54) is 0 Å². The largest absolute Gasteiger partial charge is 0.497 e. The van der Waals surface area contributed by atoms with Gasteiger partial charge in [0.05, 0.1) is 12.9 Å². The summed E-state index contributed by atoms with van der Waals surface area (Å²) in [7, 11) is 1.65. The first-order valence-corrected chi connectivity index (χ1v) is 9.06. The van der Waals surface area contributed by atoms with Crippen molar-refractivity contribution in [2.45, 2.75) is 24.6 Å². The van der Waals surface area contributed by atoms with Gasteiger partial charge in [-0.05, 0) is 30.5 Å². The fourth-order valence-electron chi connectivity index (χ4n) is 3.11. The van der Waals surface area contributed by atoms with E-state index in [1.54, 1.807) is 18.9 Å². The molecule has 0 N–H and O–H groups in total. The highest BCUT2D eigenvalue weighted by Gasteiger charge is 2.32. The van der Waals surface area contributed by atoms with Crippen LogP contribution in [-0.2, 0) is 9.59 Å². The van der Waals surface area contributed by atoms with Gasteiger partial charge in [-0.3, -0.25) is 9.59 Å². The lowest BCUT2D eigenvalue weighted by Crippen LogP contribution is -2.33. The summed E-state index contributed by atoms with van der Waals surface area (Å²) in [5.41, 5.74) is 1.12. The van der Waals surface area contributed by atoms with Crippen LogP contribution in [0.3, 0.4) is 0 Å². The Balaban J connectivity index is 1.59. The minimum atomic E-state index is 0.0719. The average molecular weight is 334 g/mol. The maximum Gasteiger partial charge on any atom is 0.233 e. The molecule has 0 aromatic heterocycles. The Kier molecular flexibility index (Phi) is 5.10. The number of nitrogens with zero attached hydrogens (tertiary/aromatic N) is 2. The molecule has 0 bridgehead atoms. The van der Waals surface area contributed by atoms with Gasteiger partial charge in [-0.1, -0.05) is 12.1 Å². The van der Waals surface area contributed by atoms with Crippen molar-refractivity contribution in [3.05, 3.63) is 29.8 Å². The number of ether oxygens (including phenoxy) is 1. The Bertz CT molecular complexity index is 576. The topological polar surface area (TPSA) is 49.9 Å². The number of amides is 2. The van der Waals surface area contributed by atoms with Crippen molar-refractivity contribution in [3.8, 4) is 5.75 Å². The molecular weight excluding hydrogens is 312 g/mol. The molecule has 1 unspecified atom stereocenters. The lowest BCUT2D eigenvalue weighted by Gasteiger charge is -2.25. The number of hydrogen-bond acceptors (Lipinski definition) is 4. The molecule has 2 saturated heterocycles. The summed E-state index contributed by atoms with van der Waals surface area (Å²) in [4.78, 5) is 27.7. The Morgan fingerprint density at radius 3 is 2.61 bits per heavy atom. The van der Waals surface area contributed by atoms with Gasteiger partial charge >= 0.3 is 0 Å². The first-order valence-electron chi connectivity index (χ1n) is 8.02. The van der Waals surface area contributed by atoms with E-state index < -0.39 is 0 Å². The van der Waals surface area contributed by atoms with E-state index in [-0.39, 0.29) is 17.2 Å². The van der Waals surface area contributed by atoms with Crippen LogP contribution >= 0.6 is 11.8 Å². The summed E-state index contributed by atoms with van der Waals surface area (Å²) < 4.78 is 5.19. The second-order valence-electron chi connectivity index (χ2n) is 5.86. The van der Waals surface area contributed by atoms with Crippen LogP contribution in [-0.4, -0.2) is 54.1 Å².